The number of rotatable bonds is 4. The van der Waals surface area contributed by atoms with Crippen molar-refractivity contribution in [3.05, 3.63) is 28.8 Å². The second kappa shape index (κ2) is 8.49. The van der Waals surface area contributed by atoms with E-state index in [0.29, 0.717) is 0 Å². The van der Waals surface area contributed by atoms with E-state index in [1.54, 1.807) is 0 Å². The van der Waals surface area contributed by atoms with Gasteiger partial charge in [0.1, 0.15) is 0 Å². The smallest absolute Gasteiger partial charge is 0.282 e. The number of hydrogen-bond acceptors (Lipinski definition) is 1. The summed E-state index contributed by atoms with van der Waals surface area (Å²) < 4.78 is 0.895. The highest BCUT2D eigenvalue weighted by Crippen LogP contribution is 2.26. The molecule has 1 aliphatic rings. The first-order valence-corrected chi connectivity index (χ1v) is 9.10. The predicted octanol–water partition coefficient (Wildman–Crippen LogP) is 4.60. The number of amides is 1. The topological polar surface area (TPSA) is 29.1 Å². The minimum Gasteiger partial charge on any atom is -0.320 e. The van der Waals surface area contributed by atoms with Crippen LogP contribution in [-0.4, -0.2) is 36.6 Å². The van der Waals surface area contributed by atoms with E-state index in [2.05, 4.69) is 52.2 Å². The van der Waals surface area contributed by atoms with Gasteiger partial charge >= 0.3 is 0 Å². The first-order valence-electron chi connectivity index (χ1n) is 9.10. The molecule has 23 heavy (non-hydrogen) atoms. The number of aryl methyl sites for hydroxylation is 3. The molecular formula is C20H35N2O+. The Kier molecular flexibility index (Phi) is 7.27. The maximum atomic E-state index is 12.8. The molecule has 1 aliphatic heterocycles. The van der Waals surface area contributed by atoms with E-state index >= 15 is 0 Å². The molecule has 1 fully saturated rings. The van der Waals surface area contributed by atoms with E-state index < -0.39 is 0 Å². The molecule has 0 bridgehead atoms. The Morgan fingerprint density at radius 1 is 1.13 bits per heavy atom. The molecule has 1 aromatic carbocycles. The van der Waals surface area contributed by atoms with Crippen molar-refractivity contribution in [1.82, 2.24) is 0 Å². The molecule has 1 amide bonds. The van der Waals surface area contributed by atoms with Crippen LogP contribution in [0.3, 0.4) is 0 Å². The van der Waals surface area contributed by atoms with Gasteiger partial charge in [-0.25, -0.2) is 0 Å². The molecule has 130 valence electrons. The zero-order valence-electron chi connectivity index (χ0n) is 16.1. The van der Waals surface area contributed by atoms with Gasteiger partial charge in [0.15, 0.2) is 6.04 Å². The normalized spacial score (nSPS) is 17.2. The maximum Gasteiger partial charge on any atom is 0.282 e. The third-order valence-electron chi connectivity index (χ3n) is 4.95. The van der Waals surface area contributed by atoms with Crippen LogP contribution in [0.25, 0.3) is 0 Å². The van der Waals surface area contributed by atoms with E-state index in [1.807, 2.05) is 13.8 Å². The lowest BCUT2D eigenvalue weighted by Gasteiger charge is -2.36. The van der Waals surface area contributed by atoms with E-state index in [1.165, 1.54) is 18.4 Å². The first-order chi connectivity index (χ1) is 10.9. The molecule has 1 atom stereocenters. The van der Waals surface area contributed by atoms with E-state index in [-0.39, 0.29) is 11.9 Å². The second-order valence-electron chi connectivity index (χ2n) is 6.82. The molecule has 2 rings (SSSR count). The summed E-state index contributed by atoms with van der Waals surface area (Å²) in [7, 11) is 2.23. The lowest BCUT2D eigenvalue weighted by molar-refractivity contribution is -0.913. The van der Waals surface area contributed by atoms with Crippen molar-refractivity contribution >= 4 is 11.6 Å². The number of anilines is 1. The lowest BCUT2D eigenvalue weighted by Crippen LogP contribution is -2.55. The average molecular weight is 320 g/mol. The van der Waals surface area contributed by atoms with Crippen molar-refractivity contribution < 1.29 is 9.28 Å². The van der Waals surface area contributed by atoms with Gasteiger partial charge in [0.2, 0.25) is 0 Å². The number of carbonyl (C=O) groups excluding carboxylic acids is 1. The van der Waals surface area contributed by atoms with Crippen LogP contribution in [0.4, 0.5) is 5.69 Å². The molecule has 0 radical (unpaired) electrons. The molecule has 1 unspecified atom stereocenters. The van der Waals surface area contributed by atoms with Gasteiger partial charge in [-0.15, -0.1) is 0 Å². The number of nitrogens with zero attached hydrogens (tertiary/aromatic N) is 1. The Hall–Kier alpha value is -1.35. The third kappa shape index (κ3) is 4.57. The number of likely N-dealkylation sites (tertiary alicyclic amines) is 1. The van der Waals surface area contributed by atoms with Crippen molar-refractivity contribution in [1.29, 1.82) is 0 Å². The summed E-state index contributed by atoms with van der Waals surface area (Å²) in [5.74, 6) is 0.178. The number of hydrogen-bond donors (Lipinski definition) is 1. The van der Waals surface area contributed by atoms with E-state index in [4.69, 9.17) is 0 Å². The molecule has 1 N–H and O–H groups in total. The second-order valence-corrected chi connectivity index (χ2v) is 6.82. The summed E-state index contributed by atoms with van der Waals surface area (Å²) in [6, 6.07) is 4.33. The fraction of sp³-hybridized carbons (Fsp3) is 0.650. The Balaban J connectivity index is 0.00000127. The summed E-state index contributed by atoms with van der Waals surface area (Å²) in [6.45, 7) is 14.6. The molecule has 3 nitrogen and oxygen atoms in total. The van der Waals surface area contributed by atoms with Crippen LogP contribution in [0.2, 0.25) is 0 Å². The van der Waals surface area contributed by atoms with Crippen molar-refractivity contribution in [2.24, 2.45) is 0 Å². The molecule has 0 aromatic heterocycles. The van der Waals surface area contributed by atoms with Gasteiger partial charge in [-0.2, -0.15) is 0 Å². The van der Waals surface area contributed by atoms with Gasteiger partial charge in [0, 0.05) is 24.9 Å². The van der Waals surface area contributed by atoms with Gasteiger partial charge in [0.25, 0.3) is 5.91 Å². The Morgan fingerprint density at radius 2 is 1.61 bits per heavy atom. The van der Waals surface area contributed by atoms with Crippen LogP contribution in [0, 0.1) is 20.8 Å². The number of benzene rings is 1. The highest BCUT2D eigenvalue weighted by Gasteiger charge is 2.39. The van der Waals surface area contributed by atoms with E-state index in [9.17, 15) is 4.79 Å². The average Bonchev–Trinajstić information content (AvgIpc) is 2.93. The number of nitrogens with one attached hydrogen (secondary N) is 1. The Bertz CT molecular complexity index is 507. The largest absolute Gasteiger partial charge is 0.320 e. The molecule has 1 saturated heterocycles. The molecule has 0 aliphatic carbocycles. The number of quaternary nitrogens is 1. The highest BCUT2D eigenvalue weighted by molar-refractivity contribution is 5.95. The van der Waals surface area contributed by atoms with Gasteiger partial charge in [-0.3, -0.25) is 4.79 Å². The Labute approximate surface area is 142 Å². The van der Waals surface area contributed by atoms with Crippen molar-refractivity contribution in [2.45, 2.75) is 66.8 Å². The molecule has 0 saturated carbocycles. The Morgan fingerprint density at radius 3 is 2.04 bits per heavy atom. The molecule has 1 aromatic rings. The standard InChI is InChI=1S/C18H28N2O.C2H6/c1-6-16(20(5)9-7-8-10-20)18(21)19-17-14(3)11-13(2)12-15(17)4;1-2/h11-12,16H,6-10H2,1-5H3;1-2H3/p+1. The van der Waals surface area contributed by atoms with Gasteiger partial charge in [-0.1, -0.05) is 38.5 Å². The van der Waals surface area contributed by atoms with Crippen LogP contribution in [0.1, 0.15) is 56.7 Å². The summed E-state index contributed by atoms with van der Waals surface area (Å²) in [5, 5.41) is 3.20. The highest BCUT2D eigenvalue weighted by atomic mass is 16.2. The van der Waals surface area contributed by atoms with Gasteiger partial charge < -0.3 is 9.80 Å². The fourth-order valence-electron chi connectivity index (χ4n) is 3.86. The summed E-state index contributed by atoms with van der Waals surface area (Å²) in [5.41, 5.74) is 4.54. The first kappa shape index (κ1) is 19.7. The van der Waals surface area contributed by atoms with Crippen LogP contribution < -0.4 is 5.32 Å². The van der Waals surface area contributed by atoms with Crippen molar-refractivity contribution in [2.75, 3.05) is 25.5 Å². The predicted molar refractivity (Wildman–Crippen MR) is 99.9 cm³/mol. The molecule has 3 heteroatoms. The van der Waals surface area contributed by atoms with Crippen LogP contribution in [-0.2, 0) is 4.79 Å². The third-order valence-corrected chi connectivity index (χ3v) is 4.95. The molecule has 1 heterocycles. The van der Waals surface area contributed by atoms with Gasteiger partial charge in [-0.05, 0) is 31.9 Å². The van der Waals surface area contributed by atoms with Crippen LogP contribution >= 0.6 is 0 Å². The van der Waals surface area contributed by atoms with Gasteiger partial charge in [0.05, 0.1) is 20.1 Å². The minimum atomic E-state index is 0.0626. The number of carbonyl (C=O) groups is 1. The number of likely N-dealkylation sites (N-methyl/N-ethyl adjacent to an activating group) is 1. The van der Waals surface area contributed by atoms with Crippen molar-refractivity contribution in [3.8, 4) is 0 Å². The summed E-state index contributed by atoms with van der Waals surface area (Å²) in [4.78, 5) is 12.8. The lowest BCUT2D eigenvalue weighted by atomic mass is 10.0. The van der Waals surface area contributed by atoms with Crippen LogP contribution in [0.5, 0.6) is 0 Å². The summed E-state index contributed by atoms with van der Waals surface area (Å²) in [6.07, 6.45) is 3.37. The SMILES string of the molecule is CC.CCC(C(=O)Nc1c(C)cc(C)cc1C)[N+]1(C)CCCC1. The maximum absolute atomic E-state index is 12.8. The fourth-order valence-corrected chi connectivity index (χ4v) is 3.86. The van der Waals surface area contributed by atoms with Crippen molar-refractivity contribution in [3.63, 3.8) is 0 Å². The molecule has 0 spiro atoms. The monoisotopic (exact) mass is 319 g/mol. The zero-order valence-corrected chi connectivity index (χ0v) is 16.1. The molecular weight excluding hydrogens is 284 g/mol. The van der Waals surface area contributed by atoms with E-state index in [0.717, 1.165) is 40.8 Å². The zero-order chi connectivity index (χ0) is 17.6. The summed E-state index contributed by atoms with van der Waals surface area (Å²) >= 11 is 0. The van der Waals surface area contributed by atoms with Crippen LogP contribution in [0.15, 0.2) is 12.1 Å². The minimum absolute atomic E-state index is 0.0626. The quantitative estimate of drug-likeness (QED) is 0.808.